The van der Waals surface area contributed by atoms with Crippen molar-refractivity contribution in [3.05, 3.63) is 41.5 Å². The van der Waals surface area contributed by atoms with Gasteiger partial charge in [-0.15, -0.1) is 11.3 Å². The summed E-state index contributed by atoms with van der Waals surface area (Å²) in [6.45, 7) is 0. The first-order valence-corrected chi connectivity index (χ1v) is 8.49. The number of carbonyl (C=O) groups excluding carboxylic acids is 1. The van der Waals surface area contributed by atoms with Crippen molar-refractivity contribution in [1.82, 2.24) is 9.97 Å². The van der Waals surface area contributed by atoms with Crippen LogP contribution in [0.2, 0.25) is 0 Å². The van der Waals surface area contributed by atoms with Crippen molar-refractivity contribution < 1.29 is 9.90 Å². The lowest BCUT2D eigenvalue weighted by Crippen LogP contribution is -2.25. The van der Waals surface area contributed by atoms with Crippen LogP contribution in [-0.2, 0) is 4.79 Å². The average Bonchev–Trinajstić information content (AvgIpc) is 3.24. The summed E-state index contributed by atoms with van der Waals surface area (Å²) < 4.78 is 0. The number of rotatable bonds is 3. The Morgan fingerprint density at radius 3 is 3.09 bits per heavy atom. The molecule has 0 spiro atoms. The van der Waals surface area contributed by atoms with Gasteiger partial charge in [-0.2, -0.15) is 0 Å². The molecule has 0 bridgehead atoms. The summed E-state index contributed by atoms with van der Waals surface area (Å²) in [5.74, 6) is -0.609. The zero-order valence-corrected chi connectivity index (χ0v) is 13.2. The predicted molar refractivity (Wildman–Crippen MR) is 90.1 cm³/mol. The van der Waals surface area contributed by atoms with Crippen LogP contribution in [0.4, 0.5) is 0 Å². The number of primary amides is 1. The second-order valence-electron chi connectivity index (χ2n) is 6.12. The number of hydrogen-bond acceptors (Lipinski definition) is 4. The fraction of sp³-hybridized carbons (Fsp3) is 0.294. The van der Waals surface area contributed by atoms with Gasteiger partial charge in [-0.25, -0.2) is 0 Å². The Kier molecular flexibility index (Phi) is 3.43. The molecule has 23 heavy (non-hydrogen) atoms. The Bertz CT molecular complexity index is 869. The van der Waals surface area contributed by atoms with Crippen molar-refractivity contribution in [3.63, 3.8) is 0 Å². The van der Waals surface area contributed by atoms with E-state index in [0.717, 1.165) is 27.0 Å². The number of nitrogens with one attached hydrogen (secondary N) is 1. The molecular formula is C17H17N3O2S. The van der Waals surface area contributed by atoms with Gasteiger partial charge in [0.15, 0.2) is 0 Å². The van der Waals surface area contributed by atoms with Gasteiger partial charge >= 0.3 is 0 Å². The molecule has 0 aromatic carbocycles. The SMILES string of the molecule is NC(=O)[C@H]1C[C@H](O)C[C@H]1c1csc(-c2cc3cc[nH]c3cn2)c1. The molecule has 1 aliphatic rings. The molecule has 1 fully saturated rings. The Labute approximate surface area is 137 Å². The molecule has 4 rings (SSSR count). The van der Waals surface area contributed by atoms with E-state index in [1.54, 1.807) is 11.3 Å². The van der Waals surface area contributed by atoms with E-state index in [-0.39, 0.29) is 17.7 Å². The van der Waals surface area contributed by atoms with Crippen LogP contribution in [0.25, 0.3) is 21.5 Å². The van der Waals surface area contributed by atoms with Crippen molar-refractivity contribution in [2.24, 2.45) is 11.7 Å². The number of hydrogen-bond donors (Lipinski definition) is 3. The fourth-order valence-electron chi connectivity index (χ4n) is 3.46. The Balaban J connectivity index is 1.67. The molecule has 1 saturated carbocycles. The highest BCUT2D eigenvalue weighted by atomic mass is 32.1. The number of nitrogens with two attached hydrogens (primary N) is 1. The second kappa shape index (κ2) is 5.47. The first-order valence-electron chi connectivity index (χ1n) is 7.61. The zero-order valence-electron chi connectivity index (χ0n) is 12.4. The van der Waals surface area contributed by atoms with E-state index in [9.17, 15) is 9.90 Å². The number of thiophene rings is 1. The normalized spacial score (nSPS) is 24.3. The van der Waals surface area contributed by atoms with Gasteiger partial charge in [0, 0.05) is 17.5 Å². The standard InChI is InChI=1S/C17H17N3O2S/c18-17(22)13-6-11(21)5-12(13)10-4-16(23-8-10)14-3-9-1-2-19-15(9)7-20-14/h1-4,7-8,11-13,19,21H,5-6H2,(H2,18,22)/t11-,12+,13+/m1/s1. The summed E-state index contributed by atoms with van der Waals surface area (Å²) in [7, 11) is 0. The summed E-state index contributed by atoms with van der Waals surface area (Å²) >= 11 is 1.61. The van der Waals surface area contributed by atoms with Crippen molar-refractivity contribution in [3.8, 4) is 10.6 Å². The number of carbonyl (C=O) groups is 1. The number of aliphatic hydroxyl groups excluding tert-OH is 1. The first kappa shape index (κ1) is 14.4. The third-order valence-electron chi connectivity index (χ3n) is 4.64. The van der Waals surface area contributed by atoms with E-state index in [1.807, 2.05) is 18.5 Å². The molecular weight excluding hydrogens is 310 g/mol. The number of fused-ring (bicyclic) bond motifs is 1. The minimum absolute atomic E-state index is 0.00323. The molecule has 5 nitrogen and oxygen atoms in total. The molecule has 0 radical (unpaired) electrons. The van der Waals surface area contributed by atoms with Gasteiger partial charge in [0.2, 0.25) is 5.91 Å². The van der Waals surface area contributed by atoms with Crippen LogP contribution < -0.4 is 5.73 Å². The molecule has 3 aromatic rings. The Hall–Kier alpha value is -2.18. The Morgan fingerprint density at radius 2 is 2.26 bits per heavy atom. The third kappa shape index (κ3) is 2.54. The molecule has 6 heteroatoms. The number of aromatic amines is 1. The molecule has 0 saturated heterocycles. The molecule has 3 aromatic heterocycles. The predicted octanol–water partition coefficient (Wildman–Crippen LogP) is 2.63. The van der Waals surface area contributed by atoms with Crippen LogP contribution in [-0.4, -0.2) is 27.1 Å². The van der Waals surface area contributed by atoms with Crippen LogP contribution in [0.1, 0.15) is 24.3 Å². The quantitative estimate of drug-likeness (QED) is 0.690. The average molecular weight is 327 g/mol. The van der Waals surface area contributed by atoms with E-state index >= 15 is 0 Å². The van der Waals surface area contributed by atoms with Crippen molar-refractivity contribution in [2.45, 2.75) is 24.9 Å². The monoisotopic (exact) mass is 327 g/mol. The lowest BCUT2D eigenvalue weighted by atomic mass is 9.90. The highest BCUT2D eigenvalue weighted by molar-refractivity contribution is 7.13. The number of aromatic nitrogens is 2. The van der Waals surface area contributed by atoms with E-state index in [0.29, 0.717) is 12.8 Å². The Morgan fingerprint density at radius 1 is 1.39 bits per heavy atom. The van der Waals surface area contributed by atoms with Crippen LogP contribution in [0.5, 0.6) is 0 Å². The highest BCUT2D eigenvalue weighted by Gasteiger charge is 2.38. The topological polar surface area (TPSA) is 92.0 Å². The summed E-state index contributed by atoms with van der Waals surface area (Å²) in [6.07, 6.45) is 4.32. The van der Waals surface area contributed by atoms with Crippen LogP contribution in [0.15, 0.2) is 36.0 Å². The lowest BCUT2D eigenvalue weighted by Gasteiger charge is -2.14. The zero-order chi connectivity index (χ0) is 16.0. The van der Waals surface area contributed by atoms with Gasteiger partial charge in [0.05, 0.1) is 28.4 Å². The maximum atomic E-state index is 11.6. The van der Waals surface area contributed by atoms with Crippen molar-refractivity contribution in [2.75, 3.05) is 0 Å². The van der Waals surface area contributed by atoms with E-state index in [4.69, 9.17) is 5.73 Å². The van der Waals surface area contributed by atoms with Crippen molar-refractivity contribution in [1.29, 1.82) is 0 Å². The number of nitrogens with zero attached hydrogens (tertiary/aromatic N) is 1. The smallest absolute Gasteiger partial charge is 0.221 e. The molecule has 4 N–H and O–H groups in total. The van der Waals surface area contributed by atoms with Gasteiger partial charge in [-0.05, 0) is 47.9 Å². The summed E-state index contributed by atoms with van der Waals surface area (Å²) in [6, 6.07) is 6.14. The number of pyridine rings is 1. The maximum Gasteiger partial charge on any atom is 0.221 e. The summed E-state index contributed by atoms with van der Waals surface area (Å²) in [5.41, 5.74) is 8.50. The van der Waals surface area contributed by atoms with Gasteiger partial charge < -0.3 is 15.8 Å². The molecule has 3 atom stereocenters. The second-order valence-corrected chi connectivity index (χ2v) is 7.03. The van der Waals surface area contributed by atoms with Crippen molar-refractivity contribution >= 4 is 28.1 Å². The van der Waals surface area contributed by atoms with E-state index < -0.39 is 6.10 Å². The van der Waals surface area contributed by atoms with E-state index in [2.05, 4.69) is 27.5 Å². The number of amides is 1. The minimum atomic E-state index is -0.449. The molecule has 1 amide bonds. The van der Waals surface area contributed by atoms with Crippen LogP contribution >= 0.6 is 11.3 Å². The fourth-order valence-corrected chi connectivity index (χ4v) is 4.40. The summed E-state index contributed by atoms with van der Waals surface area (Å²) in [5, 5.41) is 13.1. The molecule has 3 heterocycles. The largest absolute Gasteiger partial charge is 0.393 e. The number of H-pyrrole nitrogens is 1. The van der Waals surface area contributed by atoms with Gasteiger partial charge in [-0.3, -0.25) is 9.78 Å². The van der Waals surface area contributed by atoms with Crippen LogP contribution in [0.3, 0.4) is 0 Å². The molecule has 118 valence electrons. The highest BCUT2D eigenvalue weighted by Crippen LogP contribution is 2.42. The van der Waals surface area contributed by atoms with Gasteiger partial charge in [-0.1, -0.05) is 0 Å². The molecule has 0 aliphatic heterocycles. The minimum Gasteiger partial charge on any atom is -0.393 e. The maximum absolute atomic E-state index is 11.6. The van der Waals surface area contributed by atoms with Gasteiger partial charge in [0.1, 0.15) is 0 Å². The number of aliphatic hydroxyl groups is 1. The molecule has 0 unspecified atom stereocenters. The van der Waals surface area contributed by atoms with Gasteiger partial charge in [0.25, 0.3) is 0 Å². The lowest BCUT2D eigenvalue weighted by molar-refractivity contribution is -0.122. The third-order valence-corrected chi connectivity index (χ3v) is 5.61. The molecule has 1 aliphatic carbocycles. The van der Waals surface area contributed by atoms with Crippen LogP contribution in [0, 0.1) is 5.92 Å². The first-order chi connectivity index (χ1) is 11.1. The van der Waals surface area contributed by atoms with E-state index in [1.165, 1.54) is 0 Å². The summed E-state index contributed by atoms with van der Waals surface area (Å²) in [4.78, 5) is 20.3.